The lowest BCUT2D eigenvalue weighted by Crippen LogP contribution is -2.43. The smallest absolute Gasteiger partial charge is 0.0913 e. The minimum absolute atomic E-state index is 0.119. The molecule has 14 heteroatoms. The summed E-state index contributed by atoms with van der Waals surface area (Å²) in [5.41, 5.74) is -0.408. The molecule has 2 fully saturated rings. The number of hydrogen-bond acceptors (Lipinski definition) is 13. The maximum absolute atomic E-state index is 12.1. The van der Waals surface area contributed by atoms with Gasteiger partial charge in [-0.15, -0.1) is 0 Å². The average molecular weight is 954 g/mol. The van der Waals surface area contributed by atoms with E-state index in [0.29, 0.717) is 85.1 Å². The van der Waals surface area contributed by atoms with E-state index >= 15 is 0 Å². The zero-order valence-corrected chi connectivity index (χ0v) is 42.9. The van der Waals surface area contributed by atoms with E-state index in [2.05, 4.69) is 41.5 Å². The Morgan fingerprint density at radius 3 is 1.81 bits per heavy atom. The molecule has 0 amide bonds. The van der Waals surface area contributed by atoms with Crippen LogP contribution in [-0.2, 0) is 0 Å². The van der Waals surface area contributed by atoms with Crippen molar-refractivity contribution in [2.75, 3.05) is 91.4 Å². The van der Waals surface area contributed by atoms with Crippen LogP contribution in [0.5, 0.6) is 0 Å². The molecule has 58 heavy (non-hydrogen) atoms. The summed E-state index contributed by atoms with van der Waals surface area (Å²) >= 11 is 11.4. The van der Waals surface area contributed by atoms with E-state index in [4.69, 9.17) is 0 Å². The van der Waals surface area contributed by atoms with Gasteiger partial charge in [0.05, 0.1) is 45.1 Å². The molecule has 2 aliphatic carbocycles. The minimum atomic E-state index is -0.803. The molecule has 0 aromatic carbocycles. The van der Waals surface area contributed by atoms with Gasteiger partial charge in [-0.05, 0) is 109 Å². The molecule has 14 unspecified atom stereocenters. The maximum Gasteiger partial charge on any atom is 0.0913 e. The molecule has 7 N–H and O–H groups in total. The van der Waals surface area contributed by atoms with Gasteiger partial charge in [0, 0.05) is 61.3 Å². The second-order valence-corrected chi connectivity index (χ2v) is 27.9. The van der Waals surface area contributed by atoms with Gasteiger partial charge in [-0.1, -0.05) is 54.4 Å². The van der Waals surface area contributed by atoms with E-state index in [1.165, 1.54) is 19.3 Å². The van der Waals surface area contributed by atoms with Crippen LogP contribution in [0.1, 0.15) is 99.3 Å². The molecule has 0 radical (unpaired) electrons. The lowest BCUT2D eigenvalue weighted by Gasteiger charge is -2.49. The van der Waals surface area contributed by atoms with Gasteiger partial charge in [-0.25, -0.2) is 10.9 Å². The van der Waals surface area contributed by atoms with Crippen molar-refractivity contribution in [3.63, 3.8) is 0 Å². The summed E-state index contributed by atoms with van der Waals surface area (Å²) in [7, 11) is -0.803. The van der Waals surface area contributed by atoms with Crippen LogP contribution in [0.4, 0.5) is 0 Å². The average Bonchev–Trinajstić information content (AvgIpc) is 3.21. The Kier molecular flexibility index (Phi) is 32.6. The fourth-order valence-electron chi connectivity index (χ4n) is 9.59. The molecule has 0 saturated heterocycles. The second-order valence-electron chi connectivity index (χ2n) is 17.6. The van der Waals surface area contributed by atoms with Crippen LogP contribution in [0.25, 0.3) is 0 Å². The van der Waals surface area contributed by atoms with E-state index in [1.54, 1.807) is 0 Å². The lowest BCUT2D eigenvalue weighted by atomic mass is 9.71. The van der Waals surface area contributed by atoms with Crippen molar-refractivity contribution in [1.29, 1.82) is 0 Å². The van der Waals surface area contributed by atoms with Crippen LogP contribution >= 0.6 is 81.5 Å². The van der Waals surface area contributed by atoms with Gasteiger partial charge >= 0.3 is 0 Å². The molecule has 0 aromatic heterocycles. The molecule has 348 valence electrons. The molecular formula is C44H88O7S7. The topological polar surface area (TPSA) is 142 Å². The Hall–Kier alpha value is 2.17. The molecule has 14 atom stereocenters. The minimum Gasteiger partial charge on any atom is -0.396 e. The van der Waals surface area contributed by atoms with Crippen molar-refractivity contribution in [2.24, 2.45) is 47.3 Å². The van der Waals surface area contributed by atoms with Crippen molar-refractivity contribution in [1.82, 2.24) is 0 Å². The number of aliphatic hydroxyl groups excluding tert-OH is 7. The summed E-state index contributed by atoms with van der Waals surface area (Å²) in [6.45, 7) is 15.4. The molecule has 0 aromatic rings. The lowest BCUT2D eigenvalue weighted by molar-refractivity contribution is 0.189. The highest BCUT2D eigenvalue weighted by atomic mass is 32.2. The fourth-order valence-corrected chi connectivity index (χ4v) is 20.8. The Balaban J connectivity index is 2.20. The van der Waals surface area contributed by atoms with Crippen molar-refractivity contribution in [3.8, 4) is 0 Å². The highest BCUT2D eigenvalue weighted by Crippen LogP contribution is 2.53. The second kappa shape index (κ2) is 33.6. The van der Waals surface area contributed by atoms with Gasteiger partial charge in [0.2, 0.25) is 0 Å². The summed E-state index contributed by atoms with van der Waals surface area (Å²) in [5, 5.41) is 73.0. The standard InChI is InChI=1S/C44H88O7S7/c1-31(2)39(54-22-15-46)12-10-36(13-20-52-21-14-45)29-53-30-42(51)58(26-19-50)41-27-35(6)40(55-23-16-47)28-38(41)33(4)8-7-32(3)37-11-9-34(5)43(56-24-17-48)44(37)57-25-18-49/h31-51,58H,7-30H2,1-6H3. The number of hydrogen-bond donors (Lipinski definition) is 8. The van der Waals surface area contributed by atoms with Crippen molar-refractivity contribution in [3.05, 3.63) is 0 Å². The summed E-state index contributed by atoms with van der Waals surface area (Å²) in [6, 6.07) is 0. The number of thioether (sulfide) groups is 6. The van der Waals surface area contributed by atoms with Crippen LogP contribution in [0.2, 0.25) is 0 Å². The van der Waals surface area contributed by atoms with Crippen LogP contribution in [0.3, 0.4) is 0 Å². The summed E-state index contributed by atoms with van der Waals surface area (Å²) in [5.74, 6) is 11.7. The highest BCUT2D eigenvalue weighted by Gasteiger charge is 2.43. The van der Waals surface area contributed by atoms with E-state index in [-0.39, 0.29) is 39.6 Å². The Morgan fingerprint density at radius 2 is 1.19 bits per heavy atom. The number of thiol groups is 1. The van der Waals surface area contributed by atoms with Crippen LogP contribution < -0.4 is 0 Å². The zero-order valence-electron chi connectivity index (χ0n) is 37.1. The third kappa shape index (κ3) is 20.6. The third-order valence-electron chi connectivity index (χ3n) is 13.0. The number of rotatable bonds is 34. The van der Waals surface area contributed by atoms with E-state index in [0.717, 1.165) is 78.8 Å². The van der Waals surface area contributed by atoms with Gasteiger partial charge in [-0.3, -0.25) is 0 Å². The quantitative estimate of drug-likeness (QED) is 0.0233. The van der Waals surface area contributed by atoms with Gasteiger partial charge in [0.25, 0.3) is 0 Å². The first-order chi connectivity index (χ1) is 28.0. The molecule has 2 rings (SSSR count). The van der Waals surface area contributed by atoms with Gasteiger partial charge in [0.15, 0.2) is 0 Å². The molecule has 0 bridgehead atoms. The summed E-state index contributed by atoms with van der Waals surface area (Å²) in [4.78, 5) is 0. The zero-order chi connectivity index (χ0) is 42.9. The molecule has 0 spiro atoms. The van der Waals surface area contributed by atoms with Crippen molar-refractivity contribution in [2.45, 2.75) is 131 Å². The first-order valence-electron chi connectivity index (χ1n) is 22.7. The summed E-state index contributed by atoms with van der Waals surface area (Å²) in [6.07, 6.45) is 10.4. The normalized spacial score (nSPS) is 29.0. The fraction of sp³-hybridized carbons (Fsp3) is 1.00. The Morgan fingerprint density at radius 1 is 0.569 bits per heavy atom. The van der Waals surface area contributed by atoms with Crippen molar-refractivity contribution < 1.29 is 35.7 Å². The Labute approximate surface area is 384 Å². The van der Waals surface area contributed by atoms with Crippen LogP contribution in [0.15, 0.2) is 0 Å². The Bertz CT molecular complexity index is 993. The van der Waals surface area contributed by atoms with E-state index in [1.807, 2.05) is 70.6 Å². The maximum atomic E-state index is 12.1. The number of aliphatic hydroxyl groups is 7. The predicted octanol–water partition coefficient (Wildman–Crippen LogP) is 8.09. The SMILES string of the molecule is CC(C)C(CCC(CCSCCO)CSCC(O)[SH](CCO)C1CC(C)C(SCCO)CC1C(C)CCC(C)C1CCC(C)C(SCCO)C1SCCO)SCCO. The van der Waals surface area contributed by atoms with Crippen molar-refractivity contribution >= 4 is 81.5 Å². The first-order valence-corrected chi connectivity index (χ1v) is 30.8. The molecule has 0 aliphatic heterocycles. The molecule has 2 saturated carbocycles. The first kappa shape index (κ1) is 56.3. The highest BCUT2D eigenvalue weighted by molar-refractivity contribution is 8.18. The van der Waals surface area contributed by atoms with E-state index in [9.17, 15) is 35.7 Å². The molecule has 0 heterocycles. The molecule has 7 nitrogen and oxygen atoms in total. The largest absolute Gasteiger partial charge is 0.396 e. The molecule has 2 aliphatic rings. The summed E-state index contributed by atoms with van der Waals surface area (Å²) < 4.78 is 0. The van der Waals surface area contributed by atoms with Gasteiger partial charge < -0.3 is 35.7 Å². The van der Waals surface area contributed by atoms with Gasteiger partial charge in [0.1, 0.15) is 0 Å². The predicted molar refractivity (Wildman–Crippen MR) is 269 cm³/mol. The van der Waals surface area contributed by atoms with Crippen LogP contribution in [0, 0.1) is 47.3 Å². The molecular weight excluding hydrogens is 865 g/mol. The van der Waals surface area contributed by atoms with E-state index < -0.39 is 16.3 Å². The monoisotopic (exact) mass is 952 g/mol. The van der Waals surface area contributed by atoms with Gasteiger partial charge in [-0.2, -0.15) is 70.6 Å². The van der Waals surface area contributed by atoms with Crippen LogP contribution in [-0.4, -0.2) is 159 Å². The third-order valence-corrected chi connectivity index (χ3v) is 24.9.